The van der Waals surface area contributed by atoms with Crippen molar-refractivity contribution in [2.75, 3.05) is 13.1 Å². The van der Waals surface area contributed by atoms with Gasteiger partial charge in [-0.3, -0.25) is 0 Å². The number of rotatable bonds is 7. The van der Waals surface area contributed by atoms with Crippen LogP contribution in [-0.4, -0.2) is 13.1 Å². The standard InChI is InChI=1S/C9H18N/c1-3-5-6-7-9-10-8-4-2/h2,4,10H,3,5-9H2,1H3. The summed E-state index contributed by atoms with van der Waals surface area (Å²) in [6, 6.07) is 0. The van der Waals surface area contributed by atoms with Crippen molar-refractivity contribution in [3.63, 3.8) is 0 Å². The Balaban J connectivity index is 2.70. The second-order valence-corrected chi connectivity index (χ2v) is 2.50. The first-order chi connectivity index (χ1) is 4.91. The van der Waals surface area contributed by atoms with Crippen molar-refractivity contribution in [1.82, 2.24) is 5.32 Å². The van der Waals surface area contributed by atoms with Crippen LogP contribution in [0.3, 0.4) is 0 Å². The van der Waals surface area contributed by atoms with Gasteiger partial charge in [0.2, 0.25) is 0 Å². The third kappa shape index (κ3) is 7.70. The number of unbranched alkanes of at least 4 members (excludes halogenated alkanes) is 3. The Labute approximate surface area is 64.5 Å². The predicted octanol–water partition coefficient (Wildman–Crippen LogP) is 2.15. The van der Waals surface area contributed by atoms with Crippen molar-refractivity contribution >= 4 is 0 Å². The first-order valence-electron chi connectivity index (χ1n) is 4.16. The highest BCUT2D eigenvalue weighted by Gasteiger charge is 1.85. The van der Waals surface area contributed by atoms with E-state index in [1.54, 1.807) is 6.08 Å². The maximum Gasteiger partial charge on any atom is 0.0137 e. The zero-order valence-electron chi connectivity index (χ0n) is 6.90. The molecule has 0 amide bonds. The van der Waals surface area contributed by atoms with Gasteiger partial charge in [0.15, 0.2) is 0 Å². The molecule has 0 unspecified atom stereocenters. The highest BCUT2D eigenvalue weighted by Crippen LogP contribution is 1.96. The van der Waals surface area contributed by atoms with Crippen LogP contribution in [0.25, 0.3) is 0 Å². The van der Waals surface area contributed by atoms with Gasteiger partial charge in [0.05, 0.1) is 0 Å². The molecule has 0 saturated carbocycles. The predicted molar refractivity (Wildman–Crippen MR) is 45.9 cm³/mol. The molecule has 10 heavy (non-hydrogen) atoms. The fourth-order valence-corrected chi connectivity index (χ4v) is 0.862. The summed E-state index contributed by atoms with van der Waals surface area (Å²) in [5.41, 5.74) is 0. The number of nitrogens with one attached hydrogen (secondary N) is 1. The van der Waals surface area contributed by atoms with Gasteiger partial charge in [-0.15, -0.1) is 0 Å². The fraction of sp³-hybridized carbons (Fsp3) is 0.778. The first-order valence-corrected chi connectivity index (χ1v) is 4.16. The third-order valence-corrected chi connectivity index (χ3v) is 1.47. The van der Waals surface area contributed by atoms with Crippen LogP contribution in [0, 0.1) is 6.58 Å². The lowest BCUT2D eigenvalue weighted by Gasteiger charge is -1.99. The summed E-state index contributed by atoms with van der Waals surface area (Å²) < 4.78 is 0. The van der Waals surface area contributed by atoms with Crippen molar-refractivity contribution in [2.24, 2.45) is 0 Å². The fourth-order valence-electron chi connectivity index (χ4n) is 0.862. The Bertz CT molecular complexity index is 69.1. The molecule has 0 aromatic rings. The molecule has 0 aliphatic carbocycles. The average Bonchev–Trinajstić information content (AvgIpc) is 1.97. The highest BCUT2D eigenvalue weighted by molar-refractivity contribution is 4.65. The van der Waals surface area contributed by atoms with Crippen LogP contribution in [-0.2, 0) is 0 Å². The number of hydrogen-bond acceptors (Lipinski definition) is 1. The van der Waals surface area contributed by atoms with E-state index in [1.165, 1.54) is 25.7 Å². The molecule has 0 atom stereocenters. The van der Waals surface area contributed by atoms with Crippen molar-refractivity contribution < 1.29 is 0 Å². The van der Waals surface area contributed by atoms with Crippen LogP contribution in [0.1, 0.15) is 32.6 Å². The molecule has 0 heterocycles. The molecule has 0 bridgehead atoms. The van der Waals surface area contributed by atoms with Crippen LogP contribution in [0.4, 0.5) is 0 Å². The molecule has 0 spiro atoms. The Morgan fingerprint density at radius 1 is 1.30 bits per heavy atom. The summed E-state index contributed by atoms with van der Waals surface area (Å²) >= 11 is 0. The van der Waals surface area contributed by atoms with Crippen LogP contribution >= 0.6 is 0 Å². The minimum atomic E-state index is 0.839. The summed E-state index contributed by atoms with van der Waals surface area (Å²) in [6.07, 6.45) is 6.94. The first kappa shape index (κ1) is 9.70. The molecule has 1 heteroatoms. The number of hydrogen-bond donors (Lipinski definition) is 1. The minimum Gasteiger partial charge on any atom is -0.313 e. The second-order valence-electron chi connectivity index (χ2n) is 2.50. The summed E-state index contributed by atoms with van der Waals surface area (Å²) in [5.74, 6) is 0. The quantitative estimate of drug-likeness (QED) is 0.534. The zero-order valence-corrected chi connectivity index (χ0v) is 6.90. The second kappa shape index (κ2) is 8.70. The smallest absolute Gasteiger partial charge is 0.0137 e. The third-order valence-electron chi connectivity index (χ3n) is 1.47. The van der Waals surface area contributed by atoms with E-state index in [-0.39, 0.29) is 0 Å². The monoisotopic (exact) mass is 140 g/mol. The van der Waals surface area contributed by atoms with Gasteiger partial charge in [0, 0.05) is 6.54 Å². The largest absolute Gasteiger partial charge is 0.313 e. The molecule has 0 rings (SSSR count). The molecule has 1 radical (unpaired) electrons. The Hall–Kier alpha value is -0.300. The van der Waals surface area contributed by atoms with Gasteiger partial charge in [-0.1, -0.05) is 38.8 Å². The molecule has 0 aliphatic rings. The van der Waals surface area contributed by atoms with Crippen LogP contribution in [0.2, 0.25) is 0 Å². The van der Waals surface area contributed by atoms with Gasteiger partial charge in [0.25, 0.3) is 0 Å². The van der Waals surface area contributed by atoms with E-state index in [4.69, 9.17) is 6.58 Å². The summed E-state index contributed by atoms with van der Waals surface area (Å²) in [6.45, 7) is 9.35. The average molecular weight is 140 g/mol. The van der Waals surface area contributed by atoms with Gasteiger partial charge >= 0.3 is 0 Å². The molecule has 0 fully saturated rings. The van der Waals surface area contributed by atoms with Gasteiger partial charge in [0.1, 0.15) is 0 Å². The highest BCUT2D eigenvalue weighted by atomic mass is 14.8. The minimum absolute atomic E-state index is 0.839. The van der Waals surface area contributed by atoms with E-state index in [0.29, 0.717) is 0 Å². The van der Waals surface area contributed by atoms with Crippen molar-refractivity contribution in [3.8, 4) is 0 Å². The molecular formula is C9H18N. The Morgan fingerprint density at radius 2 is 2.10 bits per heavy atom. The van der Waals surface area contributed by atoms with Gasteiger partial charge < -0.3 is 5.32 Å². The molecule has 0 saturated heterocycles. The molecule has 1 N–H and O–H groups in total. The lowest BCUT2D eigenvalue weighted by molar-refractivity contribution is 0.620. The van der Waals surface area contributed by atoms with E-state index in [0.717, 1.165) is 13.1 Å². The summed E-state index contributed by atoms with van der Waals surface area (Å²) in [5, 5.41) is 3.21. The zero-order chi connectivity index (χ0) is 7.66. The molecule has 0 aliphatic heterocycles. The van der Waals surface area contributed by atoms with Crippen LogP contribution < -0.4 is 5.32 Å². The molecule has 0 aromatic heterocycles. The van der Waals surface area contributed by atoms with E-state index in [9.17, 15) is 0 Å². The van der Waals surface area contributed by atoms with Crippen LogP contribution in [0.5, 0.6) is 0 Å². The van der Waals surface area contributed by atoms with E-state index >= 15 is 0 Å². The lowest BCUT2D eigenvalue weighted by Crippen LogP contribution is -2.14. The van der Waals surface area contributed by atoms with Gasteiger partial charge in [-0.05, 0) is 13.0 Å². The van der Waals surface area contributed by atoms with Crippen molar-refractivity contribution in [2.45, 2.75) is 32.6 Å². The summed E-state index contributed by atoms with van der Waals surface area (Å²) in [4.78, 5) is 0. The maximum atomic E-state index is 5.18. The molecule has 0 aromatic carbocycles. The van der Waals surface area contributed by atoms with Crippen LogP contribution in [0.15, 0.2) is 6.08 Å². The van der Waals surface area contributed by atoms with Gasteiger partial charge in [-0.2, -0.15) is 0 Å². The maximum absolute atomic E-state index is 5.18. The van der Waals surface area contributed by atoms with E-state index in [1.807, 2.05) is 0 Å². The lowest BCUT2D eigenvalue weighted by atomic mass is 10.2. The molecular weight excluding hydrogens is 122 g/mol. The van der Waals surface area contributed by atoms with Crippen molar-refractivity contribution in [1.29, 1.82) is 0 Å². The SMILES string of the molecule is [CH]=CCNCCCCCC. The van der Waals surface area contributed by atoms with Gasteiger partial charge in [-0.25, -0.2) is 0 Å². The topological polar surface area (TPSA) is 12.0 Å². The Morgan fingerprint density at radius 3 is 2.70 bits per heavy atom. The van der Waals surface area contributed by atoms with E-state index in [2.05, 4.69) is 12.2 Å². The molecule has 1 nitrogen and oxygen atoms in total. The Kier molecular flexibility index (Phi) is 8.44. The summed E-state index contributed by atoms with van der Waals surface area (Å²) in [7, 11) is 0. The van der Waals surface area contributed by atoms with E-state index < -0.39 is 0 Å². The van der Waals surface area contributed by atoms with Crippen molar-refractivity contribution in [3.05, 3.63) is 12.7 Å². The molecule has 59 valence electrons. The normalized spacial score (nSPS) is 9.70.